The number of hydrogen-bond donors (Lipinski definition) is 4. The Hall–Kier alpha value is -2.65. The summed E-state index contributed by atoms with van der Waals surface area (Å²) >= 11 is 6.22. The number of amides is 1. The molecule has 0 saturated carbocycles. The first kappa shape index (κ1) is 35.4. The quantitative estimate of drug-likeness (QED) is 0.0823. The molecule has 1 aromatic rings. The molecule has 0 aliphatic carbocycles. The van der Waals surface area contributed by atoms with Crippen LogP contribution < -0.4 is 32.2 Å². The third-order valence-corrected chi connectivity index (χ3v) is 5.58. The third kappa shape index (κ3) is 12.3. The van der Waals surface area contributed by atoms with E-state index in [4.69, 9.17) is 52.5 Å². The van der Waals surface area contributed by atoms with E-state index in [-0.39, 0.29) is 35.1 Å². The molecule has 1 heterocycles. The van der Waals surface area contributed by atoms with E-state index >= 15 is 0 Å². The van der Waals surface area contributed by atoms with Crippen molar-refractivity contribution in [2.45, 2.75) is 25.9 Å². The molecule has 1 atom stereocenters. The van der Waals surface area contributed by atoms with Crippen LogP contribution in [0, 0.1) is 0 Å². The first-order valence-electron chi connectivity index (χ1n) is 12.7. The Bertz CT molecular complexity index is 979. The molecule has 13 nitrogen and oxygen atoms in total. The topological polar surface area (TPSA) is 181 Å². The first-order chi connectivity index (χ1) is 18.9. The van der Waals surface area contributed by atoms with Gasteiger partial charge in [-0.05, 0) is 30.7 Å². The maximum absolute atomic E-state index is 12.7. The summed E-state index contributed by atoms with van der Waals surface area (Å²) < 4.78 is 26.8. The normalized spacial score (nSPS) is 15.5. The predicted octanol–water partition coefficient (Wildman–Crippen LogP) is 1.28. The van der Waals surface area contributed by atoms with Crippen LogP contribution in [0.3, 0.4) is 0 Å². The Morgan fingerprint density at radius 1 is 1.05 bits per heavy atom. The lowest BCUT2D eigenvalue weighted by Gasteiger charge is -2.34. The molecule has 2 rings (SSSR count). The summed E-state index contributed by atoms with van der Waals surface area (Å²) in [5.74, 6) is 0.0939. The molecule has 1 amide bonds. The molecule has 1 aliphatic rings. The number of carbonyl (C=O) groups is 1. The van der Waals surface area contributed by atoms with Crippen LogP contribution in [0.2, 0.25) is 0 Å². The molecule has 226 valence electrons. The largest absolute Gasteiger partial charge is 0.491 e. The second kappa shape index (κ2) is 20.3. The predicted molar refractivity (Wildman–Crippen MR) is 158 cm³/mol. The standard InChI is InChI=1S/C25H40ClN7O6.ClH/c1-3-4-9-30-25(29)32-24(34)20-22(27)33(23(28)21(26)31-20)18-5-7-19(8-6-18)39-17-16-38-15-14-37-13-12-36-11-10-35-2;/h5-8,22H,3-4,9-17,27-28H2,1-2H3,(H3,29,30,32,34);1H. The smallest absolute Gasteiger partial charge is 0.275 e. The monoisotopic (exact) mass is 605 g/mol. The zero-order valence-corrected chi connectivity index (χ0v) is 24.5. The fourth-order valence-electron chi connectivity index (χ4n) is 3.27. The molecular formula is C25H41Cl2N7O6. The Morgan fingerprint density at radius 3 is 2.20 bits per heavy atom. The van der Waals surface area contributed by atoms with Crippen LogP contribution in [0.25, 0.3) is 0 Å². The summed E-state index contributed by atoms with van der Waals surface area (Å²) in [4.78, 5) is 22.4. The van der Waals surface area contributed by atoms with E-state index in [9.17, 15) is 4.79 Å². The van der Waals surface area contributed by atoms with Crippen molar-refractivity contribution in [2.24, 2.45) is 27.2 Å². The zero-order valence-electron chi connectivity index (χ0n) is 23.0. The molecular weight excluding hydrogens is 565 g/mol. The van der Waals surface area contributed by atoms with Crippen LogP contribution in [0.15, 0.2) is 45.2 Å². The van der Waals surface area contributed by atoms with E-state index in [0.29, 0.717) is 70.8 Å². The van der Waals surface area contributed by atoms with E-state index in [2.05, 4.69) is 15.3 Å². The molecule has 40 heavy (non-hydrogen) atoms. The van der Waals surface area contributed by atoms with E-state index < -0.39 is 12.1 Å². The minimum absolute atomic E-state index is 0. The molecule has 0 saturated heterocycles. The summed E-state index contributed by atoms with van der Waals surface area (Å²) in [7, 11) is 1.63. The summed E-state index contributed by atoms with van der Waals surface area (Å²) in [6.07, 6.45) is 0.802. The van der Waals surface area contributed by atoms with Gasteiger partial charge in [0.1, 0.15) is 30.1 Å². The van der Waals surface area contributed by atoms with Gasteiger partial charge in [-0.2, -0.15) is 0 Å². The van der Waals surface area contributed by atoms with Crippen LogP contribution in [0.4, 0.5) is 5.69 Å². The Morgan fingerprint density at radius 2 is 1.62 bits per heavy atom. The van der Waals surface area contributed by atoms with E-state index in [1.54, 1.807) is 31.4 Å². The summed E-state index contributed by atoms with van der Waals surface area (Å²) in [5.41, 5.74) is 18.8. The second-order valence-corrected chi connectivity index (χ2v) is 8.59. The fourth-order valence-corrected chi connectivity index (χ4v) is 3.45. The van der Waals surface area contributed by atoms with Crippen molar-refractivity contribution in [3.63, 3.8) is 0 Å². The molecule has 15 heteroatoms. The number of aliphatic imine (C=N–C) groups is 2. The van der Waals surface area contributed by atoms with Gasteiger partial charge in [-0.15, -0.1) is 12.4 Å². The number of hydrogen-bond acceptors (Lipinski definition) is 11. The summed E-state index contributed by atoms with van der Waals surface area (Å²) in [5, 5.41) is 2.43. The van der Waals surface area contributed by atoms with Crippen LogP contribution in [-0.4, -0.2) is 90.3 Å². The molecule has 0 spiro atoms. The Balaban J connectivity index is 0.00000800. The van der Waals surface area contributed by atoms with Gasteiger partial charge >= 0.3 is 0 Å². The average molecular weight is 607 g/mol. The number of carbonyl (C=O) groups excluding carboxylic acids is 1. The van der Waals surface area contributed by atoms with Gasteiger partial charge in [0.15, 0.2) is 11.1 Å². The number of methoxy groups -OCH3 is 1. The maximum Gasteiger partial charge on any atom is 0.275 e. The van der Waals surface area contributed by atoms with Gasteiger partial charge in [0.2, 0.25) is 0 Å². The van der Waals surface area contributed by atoms with Gasteiger partial charge in [0, 0.05) is 19.3 Å². The Kier molecular flexibility index (Phi) is 17.9. The molecule has 0 bridgehead atoms. The van der Waals surface area contributed by atoms with E-state index in [0.717, 1.165) is 12.8 Å². The van der Waals surface area contributed by atoms with Gasteiger partial charge < -0.3 is 45.8 Å². The first-order valence-corrected chi connectivity index (χ1v) is 13.1. The number of nitrogens with two attached hydrogens (primary N) is 3. The van der Waals surface area contributed by atoms with Gasteiger partial charge in [0.25, 0.3) is 5.91 Å². The SMILES string of the molecule is CCCCN=C(N)NC(=O)C1=NC(Cl)=C(N)N(c2ccc(OCCOCCOCCOCCOC)cc2)C1N.Cl. The highest BCUT2D eigenvalue weighted by atomic mass is 35.5. The van der Waals surface area contributed by atoms with E-state index in [1.807, 2.05) is 6.92 Å². The van der Waals surface area contributed by atoms with Crippen molar-refractivity contribution in [3.05, 3.63) is 35.2 Å². The van der Waals surface area contributed by atoms with Crippen molar-refractivity contribution < 1.29 is 28.5 Å². The molecule has 1 aliphatic heterocycles. The van der Waals surface area contributed by atoms with E-state index in [1.165, 1.54) is 4.90 Å². The molecule has 0 aromatic heterocycles. The minimum Gasteiger partial charge on any atom is -0.491 e. The molecule has 1 unspecified atom stereocenters. The summed E-state index contributed by atoms with van der Waals surface area (Å²) in [6, 6.07) is 6.99. The van der Waals surface area contributed by atoms with Crippen molar-refractivity contribution in [1.29, 1.82) is 0 Å². The second-order valence-electron chi connectivity index (χ2n) is 8.23. The zero-order chi connectivity index (χ0) is 28.5. The maximum atomic E-state index is 12.7. The number of rotatable bonds is 18. The number of ether oxygens (including phenoxy) is 5. The number of unbranched alkanes of at least 4 members (excludes halogenated alkanes) is 1. The molecule has 7 N–H and O–H groups in total. The lowest BCUT2D eigenvalue weighted by Crippen LogP contribution is -2.57. The van der Waals surface area contributed by atoms with Gasteiger partial charge in [-0.3, -0.25) is 15.1 Å². The van der Waals surface area contributed by atoms with Crippen LogP contribution in [0.1, 0.15) is 19.8 Å². The van der Waals surface area contributed by atoms with Crippen molar-refractivity contribution in [1.82, 2.24) is 5.32 Å². The highest BCUT2D eigenvalue weighted by Gasteiger charge is 2.33. The number of nitrogens with one attached hydrogen (secondary N) is 1. The molecule has 0 radical (unpaired) electrons. The fraction of sp³-hybridized carbons (Fsp3) is 0.560. The number of nitrogens with zero attached hydrogens (tertiary/aromatic N) is 3. The van der Waals surface area contributed by atoms with Crippen molar-refractivity contribution in [3.8, 4) is 5.75 Å². The van der Waals surface area contributed by atoms with Crippen molar-refractivity contribution in [2.75, 3.05) is 71.4 Å². The van der Waals surface area contributed by atoms with Crippen LogP contribution in [-0.2, 0) is 23.7 Å². The van der Waals surface area contributed by atoms with Gasteiger partial charge in [0.05, 0.1) is 46.2 Å². The molecule has 1 aromatic carbocycles. The van der Waals surface area contributed by atoms with Gasteiger partial charge in [-0.1, -0.05) is 24.9 Å². The molecule has 0 fully saturated rings. The number of halogens is 2. The number of guanidine groups is 1. The summed E-state index contributed by atoms with van der Waals surface area (Å²) in [6.45, 7) is 6.34. The minimum atomic E-state index is -1.00. The lowest BCUT2D eigenvalue weighted by atomic mass is 10.1. The van der Waals surface area contributed by atoms with Crippen LogP contribution in [0.5, 0.6) is 5.75 Å². The Labute approximate surface area is 246 Å². The lowest BCUT2D eigenvalue weighted by molar-refractivity contribution is -0.113. The number of benzene rings is 1. The number of anilines is 1. The third-order valence-electron chi connectivity index (χ3n) is 5.30. The van der Waals surface area contributed by atoms with Gasteiger partial charge in [-0.25, -0.2) is 4.99 Å². The highest BCUT2D eigenvalue weighted by Crippen LogP contribution is 2.28. The average Bonchev–Trinajstić information content (AvgIpc) is 2.92. The highest BCUT2D eigenvalue weighted by molar-refractivity contribution is 6.45. The van der Waals surface area contributed by atoms with Crippen LogP contribution >= 0.6 is 24.0 Å². The van der Waals surface area contributed by atoms with Crippen molar-refractivity contribution >= 4 is 47.3 Å².